The van der Waals surface area contributed by atoms with Crippen LogP contribution in [-0.2, 0) is 24.7 Å². The van der Waals surface area contributed by atoms with Gasteiger partial charge in [0.15, 0.2) is 11.0 Å². The van der Waals surface area contributed by atoms with Crippen LogP contribution in [0.3, 0.4) is 0 Å². The molecule has 0 amide bonds. The molecule has 0 spiro atoms. The van der Waals surface area contributed by atoms with E-state index in [-0.39, 0.29) is 5.75 Å². The van der Waals surface area contributed by atoms with Gasteiger partial charge in [0.2, 0.25) is 0 Å². The van der Waals surface area contributed by atoms with E-state index in [9.17, 15) is 4.79 Å². The first-order valence-electron chi connectivity index (χ1n) is 5.78. The van der Waals surface area contributed by atoms with E-state index in [1.54, 1.807) is 24.1 Å². The number of pyridine rings is 1. The highest BCUT2D eigenvalue weighted by atomic mass is 32.2. The number of nitrogens with zero attached hydrogens (tertiary/aromatic N) is 4. The summed E-state index contributed by atoms with van der Waals surface area (Å²) in [6.45, 7) is 0. The molecule has 0 aromatic carbocycles. The Balaban J connectivity index is 1.94. The minimum atomic E-state index is -0.855. The molecule has 0 atom stereocenters. The van der Waals surface area contributed by atoms with E-state index in [4.69, 9.17) is 5.11 Å². The van der Waals surface area contributed by atoms with Crippen LogP contribution in [0.25, 0.3) is 0 Å². The first-order valence-corrected chi connectivity index (χ1v) is 6.77. The zero-order chi connectivity index (χ0) is 13.7. The van der Waals surface area contributed by atoms with Gasteiger partial charge in [-0.3, -0.25) is 9.78 Å². The van der Waals surface area contributed by atoms with Crippen LogP contribution in [0.4, 0.5) is 0 Å². The smallest absolute Gasteiger partial charge is 0.313 e. The molecule has 0 saturated heterocycles. The molecule has 6 nitrogen and oxygen atoms in total. The maximum atomic E-state index is 10.5. The molecule has 100 valence electrons. The quantitative estimate of drug-likeness (QED) is 0.799. The molecule has 2 aromatic rings. The Bertz CT molecular complexity index is 556. The van der Waals surface area contributed by atoms with Crippen molar-refractivity contribution in [3.8, 4) is 0 Å². The maximum absolute atomic E-state index is 10.5. The second-order valence-corrected chi connectivity index (χ2v) is 4.91. The molecule has 0 fully saturated rings. The first kappa shape index (κ1) is 13.5. The van der Waals surface area contributed by atoms with Crippen LogP contribution in [0.5, 0.6) is 0 Å². The van der Waals surface area contributed by atoms with Gasteiger partial charge in [0.05, 0.1) is 5.75 Å². The van der Waals surface area contributed by atoms with Crippen LogP contribution in [0.1, 0.15) is 11.4 Å². The number of thioether (sulfide) groups is 1. The Hall–Kier alpha value is -1.89. The Morgan fingerprint density at radius 1 is 1.37 bits per heavy atom. The summed E-state index contributed by atoms with van der Waals surface area (Å²) in [5.74, 6) is -0.130. The van der Waals surface area contributed by atoms with E-state index in [0.717, 1.165) is 18.7 Å². The number of aromatic nitrogens is 4. The number of aryl methyl sites for hydroxylation is 3. The van der Waals surface area contributed by atoms with Gasteiger partial charge in [-0.1, -0.05) is 11.8 Å². The molecule has 0 radical (unpaired) electrons. The van der Waals surface area contributed by atoms with Gasteiger partial charge in [0.1, 0.15) is 0 Å². The summed E-state index contributed by atoms with van der Waals surface area (Å²) in [7, 11) is 1.77. The van der Waals surface area contributed by atoms with Gasteiger partial charge >= 0.3 is 5.97 Å². The van der Waals surface area contributed by atoms with E-state index >= 15 is 0 Å². The molecule has 0 saturated carbocycles. The first-order chi connectivity index (χ1) is 9.15. The van der Waals surface area contributed by atoms with Crippen LogP contribution < -0.4 is 0 Å². The highest BCUT2D eigenvalue weighted by Gasteiger charge is 2.09. The van der Waals surface area contributed by atoms with Crippen molar-refractivity contribution in [1.82, 2.24) is 19.7 Å². The predicted molar refractivity (Wildman–Crippen MR) is 71.0 cm³/mol. The number of carbonyl (C=O) groups is 1. The van der Waals surface area contributed by atoms with Crippen molar-refractivity contribution in [3.63, 3.8) is 0 Å². The average molecular weight is 278 g/mol. The lowest BCUT2D eigenvalue weighted by atomic mass is 10.1. The molecule has 2 heterocycles. The van der Waals surface area contributed by atoms with Crippen LogP contribution in [0.15, 0.2) is 29.7 Å². The van der Waals surface area contributed by atoms with Crippen molar-refractivity contribution in [2.24, 2.45) is 7.05 Å². The summed E-state index contributed by atoms with van der Waals surface area (Å²) >= 11 is 1.18. The summed E-state index contributed by atoms with van der Waals surface area (Å²) in [6, 6.07) is 3.92. The summed E-state index contributed by atoms with van der Waals surface area (Å²) in [6.07, 6.45) is 5.09. The van der Waals surface area contributed by atoms with Crippen LogP contribution in [0.2, 0.25) is 0 Å². The van der Waals surface area contributed by atoms with Crippen molar-refractivity contribution >= 4 is 17.7 Å². The lowest BCUT2D eigenvalue weighted by Gasteiger charge is -1.96. The van der Waals surface area contributed by atoms with Crippen molar-refractivity contribution in [3.05, 3.63) is 35.9 Å². The van der Waals surface area contributed by atoms with Crippen LogP contribution in [-0.4, -0.2) is 36.6 Å². The summed E-state index contributed by atoms with van der Waals surface area (Å²) in [5.41, 5.74) is 1.18. The molecule has 19 heavy (non-hydrogen) atoms. The predicted octanol–water partition coefficient (Wildman–Crippen LogP) is 1.17. The normalized spacial score (nSPS) is 10.6. The number of carboxylic acid groups (broad SMARTS) is 1. The van der Waals surface area contributed by atoms with E-state index < -0.39 is 5.97 Å². The van der Waals surface area contributed by atoms with Crippen molar-refractivity contribution in [2.75, 3.05) is 5.75 Å². The highest BCUT2D eigenvalue weighted by molar-refractivity contribution is 7.99. The molecule has 1 N–H and O–H groups in total. The van der Waals surface area contributed by atoms with Crippen LogP contribution >= 0.6 is 11.8 Å². The van der Waals surface area contributed by atoms with Crippen LogP contribution in [0, 0.1) is 0 Å². The second-order valence-electron chi connectivity index (χ2n) is 3.97. The standard InChI is InChI=1S/C12H14N4O2S/c1-16-12(19-8-11(17)18)14-10(15-16)3-2-9-4-6-13-7-5-9/h4-7H,2-3,8H2,1H3,(H,17,18). The molecule has 0 aliphatic rings. The monoisotopic (exact) mass is 278 g/mol. The third kappa shape index (κ3) is 4.06. The number of aliphatic carboxylic acids is 1. The third-order valence-corrected chi connectivity index (χ3v) is 3.48. The molecule has 0 aliphatic carbocycles. The van der Waals surface area contributed by atoms with Crippen molar-refractivity contribution in [2.45, 2.75) is 18.0 Å². The Labute approximate surface area is 114 Å². The maximum Gasteiger partial charge on any atom is 0.313 e. The Morgan fingerprint density at radius 3 is 2.79 bits per heavy atom. The molecule has 2 rings (SSSR count). The summed E-state index contributed by atoms with van der Waals surface area (Å²) in [5, 5.41) is 13.6. The van der Waals surface area contributed by atoms with E-state index in [0.29, 0.717) is 5.16 Å². The second kappa shape index (κ2) is 6.33. The molecule has 0 aliphatic heterocycles. The Morgan fingerprint density at radius 2 is 2.11 bits per heavy atom. The highest BCUT2D eigenvalue weighted by Crippen LogP contribution is 2.15. The van der Waals surface area contributed by atoms with Gasteiger partial charge in [0, 0.05) is 25.9 Å². The van der Waals surface area contributed by atoms with Gasteiger partial charge in [-0.15, -0.1) is 0 Å². The fourth-order valence-corrected chi connectivity index (χ4v) is 2.23. The molecule has 2 aromatic heterocycles. The minimum Gasteiger partial charge on any atom is -0.481 e. The number of carboxylic acids is 1. The van der Waals surface area contributed by atoms with E-state index in [1.165, 1.54) is 17.3 Å². The lowest BCUT2D eigenvalue weighted by Crippen LogP contribution is -2.00. The number of hydrogen-bond donors (Lipinski definition) is 1. The van der Waals surface area contributed by atoms with Crippen molar-refractivity contribution < 1.29 is 9.90 Å². The Kier molecular flexibility index (Phi) is 4.51. The number of rotatable bonds is 6. The lowest BCUT2D eigenvalue weighted by molar-refractivity contribution is -0.133. The van der Waals surface area contributed by atoms with Gasteiger partial charge in [-0.2, -0.15) is 5.10 Å². The minimum absolute atomic E-state index is 0.00364. The number of hydrogen-bond acceptors (Lipinski definition) is 5. The fourth-order valence-electron chi connectivity index (χ4n) is 1.58. The van der Waals surface area contributed by atoms with E-state index in [1.807, 2.05) is 12.1 Å². The van der Waals surface area contributed by atoms with E-state index in [2.05, 4.69) is 15.1 Å². The largest absolute Gasteiger partial charge is 0.481 e. The van der Waals surface area contributed by atoms with Gasteiger partial charge in [-0.05, 0) is 24.1 Å². The van der Waals surface area contributed by atoms with Gasteiger partial charge < -0.3 is 5.11 Å². The molecule has 7 heteroatoms. The fraction of sp³-hybridized carbons (Fsp3) is 0.333. The summed E-state index contributed by atoms with van der Waals surface area (Å²) in [4.78, 5) is 18.8. The third-order valence-electron chi connectivity index (χ3n) is 2.48. The average Bonchev–Trinajstić information content (AvgIpc) is 2.76. The molecular weight excluding hydrogens is 264 g/mol. The molecular formula is C12H14N4O2S. The molecule has 0 bridgehead atoms. The topological polar surface area (TPSA) is 80.9 Å². The zero-order valence-corrected chi connectivity index (χ0v) is 11.3. The summed E-state index contributed by atoms with van der Waals surface area (Å²) < 4.78 is 1.62. The SMILES string of the molecule is Cn1nc(CCc2ccncc2)nc1SCC(=O)O. The zero-order valence-electron chi connectivity index (χ0n) is 10.5. The van der Waals surface area contributed by atoms with Gasteiger partial charge in [0.25, 0.3) is 0 Å². The van der Waals surface area contributed by atoms with Gasteiger partial charge in [-0.25, -0.2) is 9.67 Å². The molecule has 0 unspecified atom stereocenters. The van der Waals surface area contributed by atoms with Crippen molar-refractivity contribution in [1.29, 1.82) is 0 Å².